The zero-order chi connectivity index (χ0) is 15.1. The number of hydrogen-bond acceptors (Lipinski definition) is 5. The van der Waals surface area contributed by atoms with Crippen molar-refractivity contribution in [2.75, 3.05) is 13.2 Å². The Morgan fingerprint density at radius 3 is 2.60 bits per heavy atom. The van der Waals surface area contributed by atoms with Crippen molar-refractivity contribution < 1.29 is 9.94 Å². The molecule has 0 aliphatic rings. The molecule has 0 spiro atoms. The normalized spacial score (nSPS) is 12.4. The van der Waals surface area contributed by atoms with E-state index in [0.717, 1.165) is 6.54 Å². The maximum absolute atomic E-state index is 8.74. The Morgan fingerprint density at radius 2 is 2.05 bits per heavy atom. The summed E-state index contributed by atoms with van der Waals surface area (Å²) in [6, 6.07) is 4.33. The topological polar surface area (TPSA) is 84.0 Å². The molecule has 112 valence electrons. The van der Waals surface area contributed by atoms with Gasteiger partial charge in [0, 0.05) is 24.8 Å². The largest absolute Gasteiger partial charge is 0.476 e. The van der Waals surface area contributed by atoms with Gasteiger partial charge in [-0.15, -0.1) is 0 Å². The van der Waals surface area contributed by atoms with Gasteiger partial charge < -0.3 is 15.7 Å². The number of hydrogen-bond donors (Lipinski definition) is 2. The van der Waals surface area contributed by atoms with E-state index in [-0.39, 0.29) is 5.84 Å². The Balaban J connectivity index is 2.67. The van der Waals surface area contributed by atoms with Crippen LogP contribution in [0, 0.1) is 0 Å². The molecule has 0 unspecified atom stereocenters. The summed E-state index contributed by atoms with van der Waals surface area (Å²) >= 11 is 0. The van der Waals surface area contributed by atoms with Crippen molar-refractivity contribution in [3.8, 4) is 5.88 Å². The standard InChI is InChI=1S/C14H24N4O2/c1-10(2)18(11(3)4)8-9-20-14-12(13(15)17-19)6-5-7-16-14/h5-7,10-11,19H,8-9H2,1-4H3,(H2,15,17). The minimum atomic E-state index is -0.00215. The van der Waals surface area contributed by atoms with Gasteiger partial charge in [-0.05, 0) is 39.8 Å². The van der Waals surface area contributed by atoms with E-state index < -0.39 is 0 Å². The van der Waals surface area contributed by atoms with Gasteiger partial charge in [0.2, 0.25) is 5.88 Å². The summed E-state index contributed by atoms with van der Waals surface area (Å²) in [5.41, 5.74) is 6.09. The first-order chi connectivity index (χ1) is 9.47. The summed E-state index contributed by atoms with van der Waals surface area (Å²) in [5, 5.41) is 11.7. The maximum atomic E-state index is 8.74. The number of amidine groups is 1. The van der Waals surface area contributed by atoms with Crippen LogP contribution < -0.4 is 10.5 Å². The lowest BCUT2D eigenvalue weighted by Gasteiger charge is -2.30. The molecule has 0 bridgehead atoms. The fraction of sp³-hybridized carbons (Fsp3) is 0.571. The average molecular weight is 280 g/mol. The van der Waals surface area contributed by atoms with Crippen molar-refractivity contribution in [3.05, 3.63) is 23.9 Å². The zero-order valence-electron chi connectivity index (χ0n) is 12.6. The number of oxime groups is 1. The molecule has 6 nitrogen and oxygen atoms in total. The number of nitrogens with two attached hydrogens (primary N) is 1. The van der Waals surface area contributed by atoms with E-state index in [9.17, 15) is 0 Å². The molecule has 0 atom stereocenters. The molecule has 0 amide bonds. The van der Waals surface area contributed by atoms with Crippen molar-refractivity contribution in [3.63, 3.8) is 0 Å². The molecular weight excluding hydrogens is 256 g/mol. The van der Waals surface area contributed by atoms with Crippen LogP contribution in [0.4, 0.5) is 0 Å². The van der Waals surface area contributed by atoms with Crippen molar-refractivity contribution >= 4 is 5.84 Å². The van der Waals surface area contributed by atoms with Crippen molar-refractivity contribution in [2.24, 2.45) is 10.9 Å². The lowest BCUT2D eigenvalue weighted by atomic mass is 10.2. The SMILES string of the molecule is CC(C)N(CCOc1ncccc1/C(N)=N/O)C(C)C. The van der Waals surface area contributed by atoms with Gasteiger partial charge in [0.1, 0.15) is 6.61 Å². The van der Waals surface area contributed by atoms with Crippen molar-refractivity contribution in [2.45, 2.75) is 39.8 Å². The quantitative estimate of drug-likeness (QED) is 0.343. The summed E-state index contributed by atoms with van der Waals surface area (Å²) in [7, 11) is 0. The van der Waals surface area contributed by atoms with E-state index in [2.05, 4.69) is 42.7 Å². The highest BCUT2D eigenvalue weighted by Crippen LogP contribution is 2.14. The van der Waals surface area contributed by atoms with Crippen LogP contribution in [0.2, 0.25) is 0 Å². The maximum Gasteiger partial charge on any atom is 0.224 e. The molecule has 0 fully saturated rings. The second kappa shape index (κ2) is 7.69. The molecule has 1 heterocycles. The summed E-state index contributed by atoms with van der Waals surface area (Å²) in [4.78, 5) is 6.45. The van der Waals surface area contributed by atoms with Gasteiger partial charge in [0.05, 0.1) is 5.56 Å². The monoisotopic (exact) mass is 280 g/mol. The van der Waals surface area contributed by atoms with Crippen molar-refractivity contribution in [1.29, 1.82) is 0 Å². The minimum absolute atomic E-state index is 0.00215. The van der Waals surface area contributed by atoms with Crippen LogP contribution in [0.3, 0.4) is 0 Å². The van der Waals surface area contributed by atoms with E-state index in [1.807, 2.05) is 0 Å². The van der Waals surface area contributed by atoms with E-state index in [4.69, 9.17) is 15.7 Å². The van der Waals surface area contributed by atoms with Crippen molar-refractivity contribution in [1.82, 2.24) is 9.88 Å². The lowest BCUT2D eigenvalue weighted by molar-refractivity contribution is 0.140. The molecule has 3 N–H and O–H groups in total. The second-order valence-corrected chi connectivity index (χ2v) is 5.12. The van der Waals surface area contributed by atoms with Crippen LogP contribution in [-0.4, -0.2) is 46.2 Å². The lowest BCUT2D eigenvalue weighted by Crippen LogP contribution is -2.39. The first kappa shape index (κ1) is 16.2. The molecule has 1 rings (SSSR count). The van der Waals surface area contributed by atoms with Gasteiger partial charge in [-0.1, -0.05) is 5.16 Å². The third kappa shape index (κ3) is 4.38. The molecule has 0 aliphatic heterocycles. The number of rotatable bonds is 7. The van der Waals surface area contributed by atoms with Gasteiger partial charge in [-0.25, -0.2) is 4.98 Å². The van der Waals surface area contributed by atoms with Crippen LogP contribution in [0.5, 0.6) is 5.88 Å². The molecule has 20 heavy (non-hydrogen) atoms. The number of nitrogens with zero attached hydrogens (tertiary/aromatic N) is 3. The predicted octanol–water partition coefficient (Wildman–Crippen LogP) is 1.67. The Morgan fingerprint density at radius 1 is 1.40 bits per heavy atom. The molecule has 0 aromatic carbocycles. The highest BCUT2D eigenvalue weighted by molar-refractivity contribution is 5.98. The first-order valence-electron chi connectivity index (χ1n) is 6.78. The van der Waals surface area contributed by atoms with Gasteiger partial charge in [0.25, 0.3) is 0 Å². The molecule has 1 aromatic rings. The molecule has 6 heteroatoms. The molecule has 0 saturated carbocycles. The zero-order valence-corrected chi connectivity index (χ0v) is 12.6. The third-order valence-electron chi connectivity index (χ3n) is 3.07. The van der Waals surface area contributed by atoms with Crippen LogP contribution in [0.15, 0.2) is 23.5 Å². The first-order valence-corrected chi connectivity index (χ1v) is 6.78. The summed E-state index contributed by atoms with van der Waals surface area (Å²) in [5.74, 6) is 0.382. The fourth-order valence-electron chi connectivity index (χ4n) is 2.12. The van der Waals surface area contributed by atoms with E-state index in [0.29, 0.717) is 30.1 Å². The van der Waals surface area contributed by atoms with Gasteiger partial charge in [-0.3, -0.25) is 4.90 Å². The van der Waals surface area contributed by atoms with E-state index in [1.54, 1.807) is 18.3 Å². The highest BCUT2D eigenvalue weighted by atomic mass is 16.5. The Labute approximate surface area is 120 Å². The third-order valence-corrected chi connectivity index (χ3v) is 3.07. The van der Waals surface area contributed by atoms with Gasteiger partial charge in [-0.2, -0.15) is 0 Å². The average Bonchev–Trinajstić information content (AvgIpc) is 2.42. The highest BCUT2D eigenvalue weighted by Gasteiger charge is 2.14. The molecule has 0 aliphatic carbocycles. The van der Waals surface area contributed by atoms with Gasteiger partial charge in [0.15, 0.2) is 5.84 Å². The molecule has 1 aromatic heterocycles. The minimum Gasteiger partial charge on any atom is -0.476 e. The Bertz CT molecular complexity index is 439. The molecule has 0 radical (unpaired) electrons. The van der Waals surface area contributed by atoms with Gasteiger partial charge >= 0.3 is 0 Å². The van der Waals surface area contributed by atoms with Crippen LogP contribution in [-0.2, 0) is 0 Å². The summed E-state index contributed by atoms with van der Waals surface area (Å²) < 4.78 is 5.67. The summed E-state index contributed by atoms with van der Waals surface area (Å²) in [6.45, 7) is 9.91. The summed E-state index contributed by atoms with van der Waals surface area (Å²) in [6.07, 6.45) is 1.62. The Hall–Kier alpha value is -1.82. The Kier molecular flexibility index (Phi) is 6.24. The van der Waals surface area contributed by atoms with E-state index >= 15 is 0 Å². The number of ether oxygens (including phenoxy) is 1. The predicted molar refractivity (Wildman–Crippen MR) is 79.2 cm³/mol. The van der Waals surface area contributed by atoms with Crippen LogP contribution >= 0.6 is 0 Å². The second-order valence-electron chi connectivity index (χ2n) is 5.12. The molecule has 0 saturated heterocycles. The van der Waals surface area contributed by atoms with Crippen LogP contribution in [0.1, 0.15) is 33.3 Å². The fourth-order valence-corrected chi connectivity index (χ4v) is 2.12. The smallest absolute Gasteiger partial charge is 0.224 e. The molecular formula is C14H24N4O2. The number of aromatic nitrogens is 1. The number of pyridine rings is 1. The van der Waals surface area contributed by atoms with E-state index in [1.165, 1.54) is 0 Å². The van der Waals surface area contributed by atoms with Crippen LogP contribution in [0.25, 0.3) is 0 Å².